The Labute approximate surface area is 129 Å². The van der Waals surface area contributed by atoms with Gasteiger partial charge >= 0.3 is 0 Å². The number of aryl methyl sites for hydroxylation is 1. The van der Waals surface area contributed by atoms with Crippen molar-refractivity contribution in [1.29, 1.82) is 0 Å². The van der Waals surface area contributed by atoms with Gasteiger partial charge in [-0.15, -0.1) is 5.10 Å². The predicted molar refractivity (Wildman–Crippen MR) is 82.0 cm³/mol. The highest BCUT2D eigenvalue weighted by atomic mass is 16.5. The molecule has 0 aliphatic carbocycles. The maximum absolute atomic E-state index is 12.6. The molecule has 3 rings (SSSR count). The summed E-state index contributed by atoms with van der Waals surface area (Å²) in [6.45, 7) is 6.93. The summed E-state index contributed by atoms with van der Waals surface area (Å²) in [6, 6.07) is 9.69. The molecule has 1 aromatic heterocycles. The molecule has 0 radical (unpaired) electrons. The number of carbonyl (C=O) groups excluding carboxylic acids is 1. The maximum Gasteiger partial charge on any atom is 0.293 e. The largest absolute Gasteiger partial charge is 0.372 e. The number of nitrogens with zero attached hydrogens (tertiary/aromatic N) is 4. The van der Waals surface area contributed by atoms with Crippen molar-refractivity contribution in [1.82, 2.24) is 19.7 Å². The van der Waals surface area contributed by atoms with E-state index in [0.29, 0.717) is 18.9 Å². The minimum Gasteiger partial charge on any atom is -0.372 e. The van der Waals surface area contributed by atoms with Crippen LogP contribution in [0, 0.1) is 6.92 Å². The lowest BCUT2D eigenvalue weighted by Gasteiger charge is -2.34. The summed E-state index contributed by atoms with van der Waals surface area (Å²) in [7, 11) is 0. The fourth-order valence-electron chi connectivity index (χ4n) is 2.78. The van der Waals surface area contributed by atoms with Gasteiger partial charge in [0.15, 0.2) is 0 Å². The lowest BCUT2D eigenvalue weighted by atomic mass is 10.2. The summed E-state index contributed by atoms with van der Waals surface area (Å²) >= 11 is 0. The van der Waals surface area contributed by atoms with Crippen LogP contribution in [-0.2, 0) is 4.74 Å². The van der Waals surface area contributed by atoms with Crippen molar-refractivity contribution in [2.45, 2.75) is 33.0 Å². The first-order valence-electron chi connectivity index (χ1n) is 7.48. The highest BCUT2D eigenvalue weighted by Gasteiger charge is 2.29. The van der Waals surface area contributed by atoms with Gasteiger partial charge in [0.1, 0.15) is 5.82 Å². The van der Waals surface area contributed by atoms with Crippen LogP contribution in [0.2, 0.25) is 0 Å². The topological polar surface area (TPSA) is 60.3 Å². The minimum atomic E-state index is -0.139. The number of ether oxygens (including phenoxy) is 1. The van der Waals surface area contributed by atoms with E-state index in [1.165, 1.54) is 0 Å². The Hall–Kier alpha value is -2.21. The molecule has 1 amide bonds. The van der Waals surface area contributed by atoms with Gasteiger partial charge in [-0.1, -0.05) is 18.2 Å². The zero-order valence-electron chi connectivity index (χ0n) is 13.1. The van der Waals surface area contributed by atoms with E-state index in [9.17, 15) is 4.79 Å². The molecule has 1 fully saturated rings. The third kappa shape index (κ3) is 2.87. The first-order valence-corrected chi connectivity index (χ1v) is 7.48. The van der Waals surface area contributed by atoms with Gasteiger partial charge < -0.3 is 9.64 Å². The van der Waals surface area contributed by atoms with Crippen LogP contribution in [0.3, 0.4) is 0 Å². The predicted octanol–water partition coefficient (Wildman–Crippen LogP) is 1.83. The van der Waals surface area contributed by atoms with Crippen LogP contribution in [0.15, 0.2) is 30.3 Å². The number of para-hydroxylation sites is 1. The second kappa shape index (κ2) is 5.88. The lowest BCUT2D eigenvalue weighted by molar-refractivity contribution is -0.0588. The van der Waals surface area contributed by atoms with Crippen LogP contribution in [0.5, 0.6) is 0 Å². The SMILES string of the molecule is Cc1nc(C(=O)N2CC(C)OC(C)C2)nn1-c1ccccc1. The summed E-state index contributed by atoms with van der Waals surface area (Å²) in [6.07, 6.45) is 0.0648. The number of benzene rings is 1. The van der Waals surface area contributed by atoms with E-state index in [1.54, 1.807) is 9.58 Å². The quantitative estimate of drug-likeness (QED) is 0.849. The molecular formula is C16H20N4O2. The summed E-state index contributed by atoms with van der Waals surface area (Å²) in [5.74, 6) is 0.798. The fraction of sp³-hybridized carbons (Fsp3) is 0.438. The smallest absolute Gasteiger partial charge is 0.293 e. The average molecular weight is 300 g/mol. The highest BCUT2D eigenvalue weighted by molar-refractivity contribution is 5.90. The van der Waals surface area contributed by atoms with E-state index in [2.05, 4.69) is 10.1 Å². The molecule has 0 bridgehead atoms. The van der Waals surface area contributed by atoms with E-state index in [1.807, 2.05) is 51.1 Å². The van der Waals surface area contributed by atoms with Gasteiger partial charge in [-0.2, -0.15) is 0 Å². The summed E-state index contributed by atoms with van der Waals surface area (Å²) in [4.78, 5) is 18.7. The molecule has 2 aromatic rings. The highest BCUT2D eigenvalue weighted by Crippen LogP contribution is 2.14. The van der Waals surface area contributed by atoms with Crippen molar-refractivity contribution < 1.29 is 9.53 Å². The average Bonchev–Trinajstić information content (AvgIpc) is 2.88. The van der Waals surface area contributed by atoms with Crippen molar-refractivity contribution >= 4 is 5.91 Å². The van der Waals surface area contributed by atoms with E-state index in [0.717, 1.165) is 5.69 Å². The molecule has 2 heterocycles. The first kappa shape index (κ1) is 14.7. The zero-order chi connectivity index (χ0) is 15.7. The number of aromatic nitrogens is 3. The molecule has 0 spiro atoms. The summed E-state index contributed by atoms with van der Waals surface area (Å²) in [5, 5.41) is 4.38. The normalized spacial score (nSPS) is 21.9. The van der Waals surface area contributed by atoms with Crippen molar-refractivity contribution in [3.63, 3.8) is 0 Å². The maximum atomic E-state index is 12.6. The lowest BCUT2D eigenvalue weighted by Crippen LogP contribution is -2.48. The molecule has 0 saturated carbocycles. The second-order valence-corrected chi connectivity index (χ2v) is 5.70. The summed E-state index contributed by atoms with van der Waals surface area (Å²) in [5.41, 5.74) is 0.898. The van der Waals surface area contributed by atoms with Crippen LogP contribution in [0.4, 0.5) is 0 Å². The van der Waals surface area contributed by atoms with Gasteiger partial charge in [-0.25, -0.2) is 9.67 Å². The van der Waals surface area contributed by atoms with Crippen LogP contribution in [0.1, 0.15) is 30.3 Å². The van der Waals surface area contributed by atoms with Gasteiger partial charge in [-0.05, 0) is 32.9 Å². The molecule has 1 aromatic carbocycles. The third-order valence-electron chi connectivity index (χ3n) is 3.67. The van der Waals surface area contributed by atoms with E-state index in [-0.39, 0.29) is 23.9 Å². The molecule has 116 valence electrons. The first-order chi connectivity index (χ1) is 10.5. The van der Waals surface area contributed by atoms with Gasteiger partial charge in [0.05, 0.1) is 17.9 Å². The van der Waals surface area contributed by atoms with Crippen LogP contribution in [0.25, 0.3) is 5.69 Å². The molecule has 0 N–H and O–H groups in total. The number of hydrogen-bond acceptors (Lipinski definition) is 4. The minimum absolute atomic E-state index is 0.0324. The molecular weight excluding hydrogens is 280 g/mol. The van der Waals surface area contributed by atoms with Crippen molar-refractivity contribution in [3.05, 3.63) is 42.0 Å². The monoisotopic (exact) mass is 300 g/mol. The van der Waals surface area contributed by atoms with Crippen LogP contribution in [-0.4, -0.2) is 50.9 Å². The van der Waals surface area contributed by atoms with Gasteiger partial charge in [0.2, 0.25) is 5.82 Å². The third-order valence-corrected chi connectivity index (χ3v) is 3.67. The zero-order valence-corrected chi connectivity index (χ0v) is 13.1. The van der Waals surface area contributed by atoms with Gasteiger partial charge in [0.25, 0.3) is 5.91 Å². The number of amides is 1. The standard InChI is InChI=1S/C16H20N4O2/c1-11-9-19(10-12(2)22-11)16(21)15-17-13(3)20(18-15)14-7-5-4-6-8-14/h4-8,11-12H,9-10H2,1-3H3. The molecule has 6 heteroatoms. The van der Waals surface area contributed by atoms with Crippen LogP contribution < -0.4 is 0 Å². The molecule has 22 heavy (non-hydrogen) atoms. The molecule has 1 aliphatic heterocycles. The molecule has 2 atom stereocenters. The van der Waals surface area contributed by atoms with E-state index in [4.69, 9.17) is 4.74 Å². The Bertz CT molecular complexity index is 658. The Morgan fingerprint density at radius 1 is 1.18 bits per heavy atom. The van der Waals surface area contributed by atoms with Crippen molar-refractivity contribution in [2.75, 3.05) is 13.1 Å². The Morgan fingerprint density at radius 2 is 1.82 bits per heavy atom. The van der Waals surface area contributed by atoms with E-state index < -0.39 is 0 Å². The number of morpholine rings is 1. The Morgan fingerprint density at radius 3 is 2.45 bits per heavy atom. The number of hydrogen-bond donors (Lipinski definition) is 0. The summed E-state index contributed by atoms with van der Waals surface area (Å²) < 4.78 is 7.36. The Balaban J connectivity index is 1.85. The molecule has 6 nitrogen and oxygen atoms in total. The Kier molecular flexibility index (Phi) is 3.94. The number of rotatable bonds is 2. The second-order valence-electron chi connectivity index (χ2n) is 5.70. The van der Waals surface area contributed by atoms with Gasteiger partial charge in [-0.3, -0.25) is 4.79 Å². The van der Waals surface area contributed by atoms with Crippen molar-refractivity contribution in [3.8, 4) is 5.69 Å². The van der Waals surface area contributed by atoms with Crippen molar-refractivity contribution in [2.24, 2.45) is 0 Å². The fourth-order valence-corrected chi connectivity index (χ4v) is 2.78. The molecule has 1 aliphatic rings. The van der Waals surface area contributed by atoms with Crippen LogP contribution >= 0.6 is 0 Å². The van der Waals surface area contributed by atoms with E-state index >= 15 is 0 Å². The molecule has 2 unspecified atom stereocenters. The van der Waals surface area contributed by atoms with Gasteiger partial charge in [0, 0.05) is 13.1 Å². The molecule has 1 saturated heterocycles. The number of carbonyl (C=O) groups is 1.